The Balaban J connectivity index is 2.24. The highest BCUT2D eigenvalue weighted by Crippen LogP contribution is 1.93. The Morgan fingerprint density at radius 3 is 2.87 bits per heavy atom. The molecule has 1 aromatic heterocycles. The Morgan fingerprint density at radius 2 is 2.27 bits per heavy atom. The second-order valence-electron chi connectivity index (χ2n) is 3.34. The Labute approximate surface area is 90.5 Å². The van der Waals surface area contributed by atoms with Crippen LogP contribution in [0.1, 0.15) is 19.8 Å². The monoisotopic (exact) mass is 231 g/mol. The molecule has 0 aliphatic rings. The Bertz CT molecular complexity index is 359. The number of unbranched alkanes of at least 4 members (excludes halogenated alkanes) is 1. The Hall–Kier alpha value is -0.880. The SMILES string of the molecule is CCCCS(=O)(=O)NCCn1cccn1. The van der Waals surface area contributed by atoms with Gasteiger partial charge in [-0.1, -0.05) is 13.3 Å². The van der Waals surface area contributed by atoms with Crippen LogP contribution in [0.25, 0.3) is 0 Å². The molecule has 0 fully saturated rings. The molecule has 6 heteroatoms. The van der Waals surface area contributed by atoms with E-state index in [2.05, 4.69) is 9.82 Å². The van der Waals surface area contributed by atoms with Crippen LogP contribution >= 0.6 is 0 Å². The molecular formula is C9H17N3O2S. The predicted octanol–water partition coefficient (Wildman–Crippen LogP) is 0.603. The van der Waals surface area contributed by atoms with Gasteiger partial charge in [0, 0.05) is 18.9 Å². The van der Waals surface area contributed by atoms with Crippen LogP contribution in [-0.2, 0) is 16.6 Å². The maximum Gasteiger partial charge on any atom is 0.211 e. The van der Waals surface area contributed by atoms with E-state index in [1.165, 1.54) is 0 Å². The average Bonchev–Trinajstić information content (AvgIpc) is 2.67. The lowest BCUT2D eigenvalue weighted by molar-refractivity contribution is 0.558. The van der Waals surface area contributed by atoms with E-state index in [9.17, 15) is 8.42 Å². The summed E-state index contributed by atoms with van der Waals surface area (Å²) in [7, 11) is -3.09. The fraction of sp³-hybridized carbons (Fsp3) is 0.667. The zero-order valence-corrected chi connectivity index (χ0v) is 9.70. The van der Waals surface area contributed by atoms with Crippen molar-refractivity contribution in [1.29, 1.82) is 0 Å². The highest BCUT2D eigenvalue weighted by atomic mass is 32.2. The molecule has 1 heterocycles. The van der Waals surface area contributed by atoms with E-state index in [4.69, 9.17) is 0 Å². The zero-order valence-electron chi connectivity index (χ0n) is 8.89. The molecule has 0 atom stereocenters. The first-order valence-electron chi connectivity index (χ1n) is 5.09. The summed E-state index contributed by atoms with van der Waals surface area (Å²) in [4.78, 5) is 0. The van der Waals surface area contributed by atoms with Crippen LogP contribution in [0.3, 0.4) is 0 Å². The van der Waals surface area contributed by atoms with Crippen molar-refractivity contribution in [3.8, 4) is 0 Å². The fourth-order valence-corrected chi connectivity index (χ4v) is 2.37. The molecular weight excluding hydrogens is 214 g/mol. The van der Waals surface area contributed by atoms with Crippen LogP contribution < -0.4 is 4.72 Å². The fourth-order valence-electron chi connectivity index (χ4n) is 1.15. The molecule has 0 aliphatic carbocycles. The summed E-state index contributed by atoms with van der Waals surface area (Å²) in [6.07, 6.45) is 5.07. The summed E-state index contributed by atoms with van der Waals surface area (Å²) in [5.74, 6) is 0.211. The second kappa shape index (κ2) is 5.87. The number of rotatable bonds is 7. The third-order valence-corrected chi connectivity index (χ3v) is 3.46. The number of sulfonamides is 1. The minimum atomic E-state index is -3.09. The minimum Gasteiger partial charge on any atom is -0.271 e. The van der Waals surface area contributed by atoms with Gasteiger partial charge in [0.15, 0.2) is 0 Å². The molecule has 0 amide bonds. The summed E-state index contributed by atoms with van der Waals surface area (Å²) in [5, 5.41) is 3.98. The van der Waals surface area contributed by atoms with Crippen LogP contribution in [0.2, 0.25) is 0 Å². The largest absolute Gasteiger partial charge is 0.271 e. The second-order valence-corrected chi connectivity index (χ2v) is 5.26. The number of hydrogen-bond donors (Lipinski definition) is 1. The van der Waals surface area contributed by atoms with Gasteiger partial charge in [-0.2, -0.15) is 5.10 Å². The molecule has 1 N–H and O–H groups in total. The van der Waals surface area contributed by atoms with Gasteiger partial charge in [0.1, 0.15) is 0 Å². The van der Waals surface area contributed by atoms with E-state index >= 15 is 0 Å². The molecule has 0 unspecified atom stereocenters. The van der Waals surface area contributed by atoms with Gasteiger partial charge < -0.3 is 0 Å². The van der Waals surface area contributed by atoms with Crippen molar-refractivity contribution in [3.63, 3.8) is 0 Å². The summed E-state index contributed by atoms with van der Waals surface area (Å²) in [6, 6.07) is 1.81. The molecule has 0 radical (unpaired) electrons. The maximum absolute atomic E-state index is 11.4. The summed E-state index contributed by atoms with van der Waals surface area (Å²) in [6.45, 7) is 2.94. The number of hydrogen-bond acceptors (Lipinski definition) is 3. The van der Waals surface area contributed by atoms with Gasteiger partial charge in [0.05, 0.1) is 12.3 Å². The van der Waals surface area contributed by atoms with Gasteiger partial charge in [-0.15, -0.1) is 0 Å². The van der Waals surface area contributed by atoms with Crippen molar-refractivity contribution in [2.45, 2.75) is 26.3 Å². The zero-order chi connectivity index (χ0) is 11.1. The molecule has 0 saturated carbocycles. The van der Waals surface area contributed by atoms with Gasteiger partial charge >= 0.3 is 0 Å². The molecule has 0 saturated heterocycles. The lowest BCUT2D eigenvalue weighted by atomic mass is 10.4. The Morgan fingerprint density at radius 1 is 1.47 bits per heavy atom. The quantitative estimate of drug-likeness (QED) is 0.747. The Kier molecular flexibility index (Phi) is 4.77. The van der Waals surface area contributed by atoms with Gasteiger partial charge in [-0.3, -0.25) is 4.68 Å². The molecule has 5 nitrogen and oxygen atoms in total. The van der Waals surface area contributed by atoms with Gasteiger partial charge in [0.25, 0.3) is 0 Å². The lowest BCUT2D eigenvalue weighted by Gasteiger charge is -2.05. The smallest absolute Gasteiger partial charge is 0.211 e. The minimum absolute atomic E-state index is 0.211. The van der Waals surface area contributed by atoms with E-state index in [0.717, 1.165) is 6.42 Å². The van der Waals surface area contributed by atoms with E-state index in [-0.39, 0.29) is 5.75 Å². The first-order valence-corrected chi connectivity index (χ1v) is 6.74. The van der Waals surface area contributed by atoms with Crippen molar-refractivity contribution >= 4 is 10.0 Å². The molecule has 86 valence electrons. The predicted molar refractivity (Wildman–Crippen MR) is 58.9 cm³/mol. The van der Waals surface area contributed by atoms with Crippen molar-refractivity contribution in [2.75, 3.05) is 12.3 Å². The average molecular weight is 231 g/mol. The van der Waals surface area contributed by atoms with Crippen LogP contribution in [-0.4, -0.2) is 30.5 Å². The van der Waals surface area contributed by atoms with Crippen molar-refractivity contribution < 1.29 is 8.42 Å². The first kappa shape index (κ1) is 12.2. The van der Waals surface area contributed by atoms with Crippen molar-refractivity contribution in [3.05, 3.63) is 18.5 Å². The van der Waals surface area contributed by atoms with Crippen molar-refractivity contribution in [2.24, 2.45) is 0 Å². The van der Waals surface area contributed by atoms with Gasteiger partial charge in [0.2, 0.25) is 10.0 Å². The maximum atomic E-state index is 11.4. The molecule has 0 spiro atoms. The van der Waals surface area contributed by atoms with Crippen LogP contribution in [0.4, 0.5) is 0 Å². The summed E-state index contributed by atoms with van der Waals surface area (Å²) >= 11 is 0. The highest BCUT2D eigenvalue weighted by Gasteiger charge is 2.07. The molecule has 1 rings (SSSR count). The van der Waals surface area contributed by atoms with Crippen molar-refractivity contribution in [1.82, 2.24) is 14.5 Å². The summed E-state index contributed by atoms with van der Waals surface area (Å²) < 4.78 is 27.0. The summed E-state index contributed by atoms with van der Waals surface area (Å²) in [5.41, 5.74) is 0. The standard InChI is InChI=1S/C9H17N3O2S/c1-2-3-9-15(13,14)11-6-8-12-7-4-5-10-12/h4-5,7,11H,2-3,6,8-9H2,1H3. The molecule has 15 heavy (non-hydrogen) atoms. The lowest BCUT2D eigenvalue weighted by Crippen LogP contribution is -2.29. The topological polar surface area (TPSA) is 64.0 Å². The molecule has 0 bridgehead atoms. The first-order chi connectivity index (χ1) is 7.14. The number of nitrogens with one attached hydrogen (secondary N) is 1. The van der Waals surface area contributed by atoms with E-state index in [1.807, 2.05) is 13.0 Å². The van der Waals surface area contributed by atoms with E-state index < -0.39 is 10.0 Å². The van der Waals surface area contributed by atoms with Crippen LogP contribution in [0, 0.1) is 0 Å². The number of nitrogens with zero attached hydrogens (tertiary/aromatic N) is 2. The van der Waals surface area contributed by atoms with Gasteiger partial charge in [-0.25, -0.2) is 13.1 Å². The van der Waals surface area contributed by atoms with Gasteiger partial charge in [-0.05, 0) is 12.5 Å². The highest BCUT2D eigenvalue weighted by molar-refractivity contribution is 7.89. The number of aromatic nitrogens is 2. The molecule has 0 aliphatic heterocycles. The van der Waals surface area contributed by atoms with Crippen LogP contribution in [0.15, 0.2) is 18.5 Å². The molecule has 0 aromatic carbocycles. The molecule has 1 aromatic rings. The van der Waals surface area contributed by atoms with Crippen LogP contribution in [0.5, 0.6) is 0 Å². The third-order valence-electron chi connectivity index (χ3n) is 1.99. The van der Waals surface area contributed by atoms with E-state index in [1.54, 1.807) is 17.1 Å². The third kappa shape index (κ3) is 4.94. The normalized spacial score (nSPS) is 11.8. The van der Waals surface area contributed by atoms with E-state index in [0.29, 0.717) is 19.5 Å².